The number of methoxy groups -OCH3 is 1. The highest BCUT2D eigenvalue weighted by Crippen LogP contribution is 2.42. The third-order valence-electron chi connectivity index (χ3n) is 5.57. The number of rotatable bonds is 6. The van der Waals surface area contributed by atoms with E-state index in [9.17, 15) is 10.1 Å². The van der Waals surface area contributed by atoms with Gasteiger partial charge in [0.15, 0.2) is 5.75 Å². The standard InChI is InChI=1S/C21H24N4O4/c1-13-5-3-4-6-14(13)12-29-21-18(25(26)27)9-15(10-19(21)28-2)20-16-11-22-8-7-17(16)23-24-20/h3-6,9-10,16,20,22,24H,7-8,11-12H2,1-2H3. The number of hydrazone groups is 1. The van der Waals surface area contributed by atoms with E-state index >= 15 is 0 Å². The number of nitrogens with one attached hydrogen (secondary N) is 2. The highest BCUT2D eigenvalue weighted by Gasteiger charge is 2.36. The van der Waals surface area contributed by atoms with Crippen LogP contribution in [0.1, 0.15) is 29.2 Å². The zero-order valence-corrected chi connectivity index (χ0v) is 16.5. The fraction of sp³-hybridized carbons (Fsp3) is 0.381. The van der Waals surface area contributed by atoms with Crippen LogP contribution in [-0.4, -0.2) is 30.8 Å². The second-order valence-electron chi connectivity index (χ2n) is 7.31. The molecule has 1 fully saturated rings. The fourth-order valence-corrected chi connectivity index (χ4v) is 3.92. The van der Waals surface area contributed by atoms with Gasteiger partial charge in [0.25, 0.3) is 0 Å². The lowest BCUT2D eigenvalue weighted by molar-refractivity contribution is -0.386. The van der Waals surface area contributed by atoms with Gasteiger partial charge in [0.1, 0.15) is 6.61 Å². The van der Waals surface area contributed by atoms with Crippen molar-refractivity contribution in [3.63, 3.8) is 0 Å². The average Bonchev–Trinajstić information content (AvgIpc) is 3.16. The van der Waals surface area contributed by atoms with Crippen molar-refractivity contribution >= 4 is 11.4 Å². The molecule has 0 spiro atoms. The smallest absolute Gasteiger partial charge is 0.315 e. The van der Waals surface area contributed by atoms with Gasteiger partial charge >= 0.3 is 5.69 Å². The molecule has 1 saturated heterocycles. The Morgan fingerprint density at radius 2 is 2.14 bits per heavy atom. The van der Waals surface area contributed by atoms with Crippen molar-refractivity contribution in [3.8, 4) is 11.5 Å². The number of piperidine rings is 1. The van der Waals surface area contributed by atoms with Crippen molar-refractivity contribution in [2.24, 2.45) is 11.0 Å². The van der Waals surface area contributed by atoms with Crippen LogP contribution >= 0.6 is 0 Å². The van der Waals surface area contributed by atoms with Gasteiger partial charge in [-0.15, -0.1) is 0 Å². The van der Waals surface area contributed by atoms with Gasteiger partial charge in [-0.25, -0.2) is 0 Å². The molecular weight excluding hydrogens is 372 g/mol. The van der Waals surface area contributed by atoms with Gasteiger partial charge in [-0.1, -0.05) is 24.3 Å². The first-order chi connectivity index (χ1) is 14.1. The lowest BCUT2D eigenvalue weighted by Crippen LogP contribution is -2.38. The summed E-state index contributed by atoms with van der Waals surface area (Å²) in [5.41, 5.74) is 6.95. The Hall–Kier alpha value is -3.13. The highest BCUT2D eigenvalue weighted by atomic mass is 16.6. The van der Waals surface area contributed by atoms with Crippen molar-refractivity contribution in [3.05, 3.63) is 63.2 Å². The summed E-state index contributed by atoms with van der Waals surface area (Å²) in [5.74, 6) is 0.666. The van der Waals surface area contributed by atoms with Crippen molar-refractivity contribution in [1.82, 2.24) is 10.7 Å². The van der Waals surface area contributed by atoms with Crippen LogP contribution in [0, 0.1) is 23.0 Å². The lowest BCUT2D eigenvalue weighted by atomic mass is 9.87. The Morgan fingerprint density at radius 1 is 1.31 bits per heavy atom. The van der Waals surface area contributed by atoms with Gasteiger partial charge in [-0.3, -0.25) is 10.1 Å². The summed E-state index contributed by atoms with van der Waals surface area (Å²) in [4.78, 5) is 11.4. The Bertz CT molecular complexity index is 960. The minimum atomic E-state index is -0.422. The summed E-state index contributed by atoms with van der Waals surface area (Å²) >= 11 is 0. The molecule has 4 rings (SSSR count). The molecule has 2 unspecified atom stereocenters. The summed E-state index contributed by atoms with van der Waals surface area (Å²) in [7, 11) is 1.50. The quantitative estimate of drug-likeness (QED) is 0.575. The van der Waals surface area contributed by atoms with Crippen molar-refractivity contribution in [1.29, 1.82) is 0 Å². The molecule has 0 radical (unpaired) electrons. The molecule has 152 valence electrons. The second-order valence-corrected chi connectivity index (χ2v) is 7.31. The van der Waals surface area contributed by atoms with Crippen molar-refractivity contribution in [2.75, 3.05) is 20.2 Å². The molecule has 0 bridgehead atoms. The number of ether oxygens (including phenoxy) is 2. The minimum absolute atomic E-state index is 0.105. The lowest BCUT2D eigenvalue weighted by Gasteiger charge is -2.25. The molecule has 2 aliphatic rings. The maximum atomic E-state index is 11.8. The Labute approximate surface area is 169 Å². The van der Waals surface area contributed by atoms with Crippen LogP contribution in [0.4, 0.5) is 5.69 Å². The summed E-state index contributed by atoms with van der Waals surface area (Å²) < 4.78 is 11.4. The van der Waals surface area contributed by atoms with Crippen LogP contribution < -0.4 is 20.2 Å². The van der Waals surface area contributed by atoms with Gasteiger partial charge < -0.3 is 20.2 Å². The van der Waals surface area contributed by atoms with E-state index in [1.165, 1.54) is 7.11 Å². The predicted molar refractivity (Wildman–Crippen MR) is 109 cm³/mol. The number of fused-ring (bicyclic) bond motifs is 1. The first kappa shape index (κ1) is 19.2. The molecule has 8 heteroatoms. The third-order valence-corrected chi connectivity index (χ3v) is 5.57. The number of aryl methyl sites for hydroxylation is 1. The van der Waals surface area contributed by atoms with Crippen molar-refractivity contribution < 1.29 is 14.4 Å². The SMILES string of the molecule is COc1cc(C2NN=C3CCNCC32)cc([N+](=O)[O-])c1OCc1ccccc1C. The van der Waals surface area contributed by atoms with E-state index in [4.69, 9.17) is 9.47 Å². The Kier molecular flexibility index (Phi) is 5.35. The summed E-state index contributed by atoms with van der Waals surface area (Å²) in [6.07, 6.45) is 0.880. The van der Waals surface area contributed by atoms with E-state index in [1.807, 2.05) is 37.3 Å². The van der Waals surface area contributed by atoms with Gasteiger partial charge in [0.2, 0.25) is 5.75 Å². The van der Waals surface area contributed by atoms with Crippen LogP contribution in [0.25, 0.3) is 0 Å². The largest absolute Gasteiger partial charge is 0.493 e. The molecule has 2 aromatic rings. The molecule has 0 saturated carbocycles. The van der Waals surface area contributed by atoms with Gasteiger partial charge in [-0.05, 0) is 29.7 Å². The molecule has 2 atom stereocenters. The summed E-state index contributed by atoms with van der Waals surface area (Å²) in [5, 5.41) is 19.6. The molecule has 0 amide bonds. The zero-order valence-electron chi connectivity index (χ0n) is 16.5. The van der Waals surface area contributed by atoms with Crippen LogP contribution in [0.2, 0.25) is 0 Å². The van der Waals surface area contributed by atoms with Crippen molar-refractivity contribution in [2.45, 2.75) is 26.0 Å². The molecule has 0 aliphatic carbocycles. The number of nitrogens with zero attached hydrogens (tertiary/aromatic N) is 2. The molecule has 29 heavy (non-hydrogen) atoms. The van der Waals surface area contributed by atoms with Crippen LogP contribution in [0.3, 0.4) is 0 Å². The normalized spacial score (nSPS) is 20.4. The minimum Gasteiger partial charge on any atom is -0.493 e. The molecule has 2 aliphatic heterocycles. The van der Waals surface area contributed by atoms with Crippen LogP contribution in [-0.2, 0) is 6.61 Å². The maximum absolute atomic E-state index is 11.8. The van der Waals surface area contributed by atoms with Gasteiger partial charge in [-0.2, -0.15) is 5.10 Å². The fourth-order valence-electron chi connectivity index (χ4n) is 3.92. The van der Waals surface area contributed by atoms with E-state index < -0.39 is 4.92 Å². The number of nitro benzene ring substituents is 1. The van der Waals surface area contributed by atoms with E-state index in [0.717, 1.165) is 41.9 Å². The number of benzene rings is 2. The van der Waals surface area contributed by atoms with E-state index in [1.54, 1.807) is 6.07 Å². The molecule has 2 N–H and O–H groups in total. The summed E-state index contributed by atoms with van der Waals surface area (Å²) in [6, 6.07) is 11.0. The van der Waals surface area contributed by atoms with Crippen LogP contribution in [0.15, 0.2) is 41.5 Å². The van der Waals surface area contributed by atoms with E-state index in [0.29, 0.717) is 5.75 Å². The van der Waals surface area contributed by atoms with E-state index in [2.05, 4.69) is 15.8 Å². The zero-order chi connectivity index (χ0) is 20.4. The average molecular weight is 396 g/mol. The number of nitro groups is 1. The third kappa shape index (κ3) is 3.75. The molecule has 2 aromatic carbocycles. The monoisotopic (exact) mass is 396 g/mol. The van der Waals surface area contributed by atoms with E-state index in [-0.39, 0.29) is 30.0 Å². The molecule has 0 aromatic heterocycles. The van der Waals surface area contributed by atoms with Gasteiger partial charge in [0, 0.05) is 37.2 Å². The Morgan fingerprint density at radius 3 is 2.90 bits per heavy atom. The topological polar surface area (TPSA) is 98.0 Å². The molecule has 8 nitrogen and oxygen atoms in total. The predicted octanol–water partition coefficient (Wildman–Crippen LogP) is 3.10. The number of hydrogen-bond acceptors (Lipinski definition) is 7. The summed E-state index contributed by atoms with van der Waals surface area (Å²) in [6.45, 7) is 3.90. The Balaban J connectivity index is 1.65. The number of hydrogen-bond donors (Lipinski definition) is 2. The van der Waals surface area contributed by atoms with Crippen LogP contribution in [0.5, 0.6) is 11.5 Å². The van der Waals surface area contributed by atoms with Gasteiger partial charge in [0.05, 0.1) is 18.1 Å². The maximum Gasteiger partial charge on any atom is 0.315 e. The second kappa shape index (κ2) is 8.08. The first-order valence-corrected chi connectivity index (χ1v) is 9.65. The first-order valence-electron chi connectivity index (χ1n) is 9.65. The molecule has 2 heterocycles. The highest BCUT2D eigenvalue weighted by molar-refractivity contribution is 5.90. The molecular formula is C21H24N4O4.